The molecule has 0 atom stereocenters. The number of rotatable bonds is 13. The van der Waals surface area contributed by atoms with Crippen LogP contribution in [0.15, 0.2) is 133 Å². The van der Waals surface area contributed by atoms with Crippen molar-refractivity contribution in [2.75, 3.05) is 27.0 Å². The van der Waals surface area contributed by atoms with Gasteiger partial charge in [-0.3, -0.25) is 0 Å². The Morgan fingerprint density at radius 2 is 1.00 bits per heavy atom. The van der Waals surface area contributed by atoms with E-state index in [-0.39, 0.29) is 24.0 Å². The van der Waals surface area contributed by atoms with Crippen molar-refractivity contribution < 1.29 is 38.2 Å². The number of benzene rings is 5. The van der Waals surface area contributed by atoms with Gasteiger partial charge in [-0.05, 0) is 84.6 Å². The highest BCUT2D eigenvalue weighted by Crippen LogP contribution is 2.55. The van der Waals surface area contributed by atoms with Crippen molar-refractivity contribution in [1.82, 2.24) is 0 Å². The molecule has 0 bridgehead atoms. The average molecular weight is 701 g/mol. The predicted octanol–water partition coefficient (Wildman–Crippen LogP) is 5.03. The minimum absolute atomic E-state index is 0. The molecule has 0 saturated carbocycles. The minimum atomic E-state index is -1.82. The van der Waals surface area contributed by atoms with Crippen molar-refractivity contribution in [2.24, 2.45) is 0 Å². The number of halogens is 1. The van der Waals surface area contributed by atoms with E-state index in [0.717, 1.165) is 47.4 Å². The molecule has 0 aliphatic carbocycles. The van der Waals surface area contributed by atoms with E-state index in [4.69, 9.17) is 14.2 Å². The van der Waals surface area contributed by atoms with Crippen LogP contribution in [-0.4, -0.2) is 27.0 Å². The fourth-order valence-electron chi connectivity index (χ4n) is 5.32. The van der Waals surface area contributed by atoms with E-state index >= 15 is 0 Å². The van der Waals surface area contributed by atoms with E-state index in [1.54, 1.807) is 14.2 Å². The summed E-state index contributed by atoms with van der Waals surface area (Å²) in [5.74, 6) is 2.45. The van der Waals surface area contributed by atoms with Gasteiger partial charge in [0.25, 0.3) is 0 Å². The molecule has 5 aromatic rings. The van der Waals surface area contributed by atoms with Crippen molar-refractivity contribution in [2.45, 2.75) is 12.8 Å². The molecule has 0 saturated heterocycles. The van der Waals surface area contributed by atoms with Crippen molar-refractivity contribution in [3.05, 3.63) is 145 Å². The lowest BCUT2D eigenvalue weighted by Crippen LogP contribution is -3.00. The van der Waals surface area contributed by atoms with Crippen molar-refractivity contribution in [3.63, 3.8) is 0 Å². The summed E-state index contributed by atoms with van der Waals surface area (Å²) in [7, 11) is 1.55. The van der Waals surface area contributed by atoms with E-state index in [2.05, 4.69) is 109 Å². The monoisotopic (exact) mass is 700 g/mol. The van der Waals surface area contributed by atoms with Gasteiger partial charge in [0.2, 0.25) is 0 Å². The smallest absolute Gasteiger partial charge is 0.123 e. The van der Waals surface area contributed by atoms with Crippen LogP contribution in [0.5, 0.6) is 17.2 Å². The molecule has 0 N–H and O–H groups in total. The van der Waals surface area contributed by atoms with Gasteiger partial charge in [-0.2, -0.15) is 0 Å². The quantitative estimate of drug-likeness (QED) is 0.0748. The summed E-state index contributed by atoms with van der Waals surface area (Å²) in [4.78, 5) is 0. The molecule has 0 unspecified atom stereocenters. The molecule has 5 rings (SSSR count). The van der Waals surface area contributed by atoms with Crippen LogP contribution in [0.4, 0.5) is 0 Å². The van der Waals surface area contributed by atoms with Gasteiger partial charge in [-0.15, -0.1) is 0 Å². The van der Waals surface area contributed by atoms with Gasteiger partial charge in [0.15, 0.2) is 0 Å². The van der Waals surface area contributed by atoms with Gasteiger partial charge < -0.3 is 38.2 Å². The molecule has 0 spiro atoms. The number of hydrogen-bond acceptors (Lipinski definition) is 3. The van der Waals surface area contributed by atoms with Gasteiger partial charge >= 0.3 is 0 Å². The van der Waals surface area contributed by atoms with Crippen molar-refractivity contribution in [3.8, 4) is 17.2 Å². The van der Waals surface area contributed by atoms with Gasteiger partial charge in [0.1, 0.15) is 40.4 Å². The molecule has 0 heterocycles. The second-order valence-electron chi connectivity index (χ2n) is 10.1. The van der Waals surface area contributed by atoms with Gasteiger partial charge in [0, 0.05) is 6.07 Å². The highest BCUT2D eigenvalue weighted by atomic mass is 127. The molecule has 5 aromatic carbocycles. The Morgan fingerprint density at radius 3 is 1.51 bits per heavy atom. The van der Waals surface area contributed by atoms with E-state index in [1.165, 1.54) is 15.9 Å². The molecule has 0 aliphatic heterocycles. The standard InChI is InChI=1S/C38H38O3P.HI/c1-39-33-24-22-31(23-25-33)20-21-32-28-34(40-2)30-35(29-32)41-26-12-13-27-42(36-14-6-3-7-15-36,37-16-8-4-9-17-37)38-18-10-5-11-19-38;/h3-11,14-25,28-30H,12-13,26-27H2,1-2H3;1H/q+1;/p-1/b21-20+;. The Hall–Kier alpha value is -3.60. The van der Waals surface area contributed by atoms with Crippen LogP contribution < -0.4 is 54.1 Å². The summed E-state index contributed by atoms with van der Waals surface area (Å²) < 4.78 is 17.1. The molecule has 5 heteroatoms. The van der Waals surface area contributed by atoms with Crippen LogP contribution >= 0.6 is 7.26 Å². The fourth-order valence-corrected chi connectivity index (χ4v) is 9.73. The number of ether oxygens (including phenoxy) is 3. The third kappa shape index (κ3) is 8.28. The molecule has 0 aromatic heterocycles. The van der Waals surface area contributed by atoms with Crippen LogP contribution in [0.3, 0.4) is 0 Å². The summed E-state index contributed by atoms with van der Waals surface area (Å²) in [5, 5.41) is 4.26. The lowest BCUT2D eigenvalue weighted by atomic mass is 10.1. The summed E-state index contributed by atoms with van der Waals surface area (Å²) in [5.41, 5.74) is 2.13. The maximum absolute atomic E-state index is 6.29. The first-order chi connectivity index (χ1) is 20.7. The largest absolute Gasteiger partial charge is 1.00 e. The van der Waals surface area contributed by atoms with Crippen LogP contribution in [0.1, 0.15) is 24.0 Å². The fraction of sp³-hybridized carbons (Fsp3) is 0.158. The van der Waals surface area contributed by atoms with E-state index in [0.29, 0.717) is 6.61 Å². The summed E-state index contributed by atoms with van der Waals surface area (Å²) >= 11 is 0. The second kappa shape index (κ2) is 16.3. The molecule has 0 fully saturated rings. The molecule has 3 nitrogen and oxygen atoms in total. The Kier molecular flexibility index (Phi) is 12.3. The molecular formula is C38H38IO3P. The Balaban J connectivity index is 0.00000423. The molecule has 0 aliphatic rings. The molecular weight excluding hydrogens is 662 g/mol. The zero-order chi connectivity index (χ0) is 29.0. The van der Waals surface area contributed by atoms with Crippen molar-refractivity contribution in [1.29, 1.82) is 0 Å². The van der Waals surface area contributed by atoms with Crippen LogP contribution in [0.2, 0.25) is 0 Å². The second-order valence-corrected chi connectivity index (χ2v) is 13.8. The van der Waals surface area contributed by atoms with Gasteiger partial charge in [-0.25, -0.2) is 0 Å². The first kappa shape index (κ1) is 32.3. The number of unbranched alkanes of at least 4 members (excludes halogenated alkanes) is 1. The Morgan fingerprint density at radius 1 is 0.512 bits per heavy atom. The molecule has 43 heavy (non-hydrogen) atoms. The molecule has 0 radical (unpaired) electrons. The third-order valence-corrected chi connectivity index (χ3v) is 12.0. The molecule has 220 valence electrons. The Bertz CT molecular complexity index is 1460. The van der Waals surface area contributed by atoms with Crippen LogP contribution in [0.25, 0.3) is 12.2 Å². The normalized spacial score (nSPS) is 11.1. The van der Waals surface area contributed by atoms with E-state index in [1.807, 2.05) is 36.4 Å². The highest BCUT2D eigenvalue weighted by Gasteiger charge is 2.44. The maximum atomic E-state index is 6.29. The number of methoxy groups -OCH3 is 2. The summed E-state index contributed by atoms with van der Waals surface area (Å²) in [6.45, 7) is 0.646. The molecule has 0 amide bonds. The zero-order valence-corrected chi connectivity index (χ0v) is 27.8. The number of hydrogen-bond donors (Lipinski definition) is 0. The average Bonchev–Trinajstić information content (AvgIpc) is 3.07. The SMILES string of the molecule is COc1ccc(/C=C/c2cc(OC)cc(OCCCC[P+](c3ccccc3)(c3ccccc3)c3ccccc3)c2)cc1.[I-]. The predicted molar refractivity (Wildman–Crippen MR) is 180 cm³/mol. The minimum Gasteiger partial charge on any atom is -1.00 e. The lowest BCUT2D eigenvalue weighted by molar-refractivity contribution is -0.00000934. The third-order valence-electron chi connectivity index (χ3n) is 7.47. The summed E-state index contributed by atoms with van der Waals surface area (Å²) in [6.07, 6.45) is 7.26. The topological polar surface area (TPSA) is 27.7 Å². The van der Waals surface area contributed by atoms with E-state index in [9.17, 15) is 0 Å². The van der Waals surface area contributed by atoms with E-state index < -0.39 is 7.26 Å². The Labute approximate surface area is 273 Å². The van der Waals surface area contributed by atoms with Crippen molar-refractivity contribution >= 4 is 35.3 Å². The highest BCUT2D eigenvalue weighted by molar-refractivity contribution is 7.95. The zero-order valence-electron chi connectivity index (χ0n) is 24.7. The first-order valence-electron chi connectivity index (χ1n) is 14.4. The van der Waals surface area contributed by atoms with Crippen LogP contribution in [-0.2, 0) is 0 Å². The first-order valence-corrected chi connectivity index (χ1v) is 16.4. The maximum Gasteiger partial charge on any atom is 0.123 e. The summed E-state index contributed by atoms with van der Waals surface area (Å²) in [6, 6.07) is 47.2. The van der Waals surface area contributed by atoms with Gasteiger partial charge in [0.05, 0.1) is 27.0 Å². The van der Waals surface area contributed by atoms with Gasteiger partial charge in [-0.1, -0.05) is 78.9 Å². The lowest BCUT2D eigenvalue weighted by Gasteiger charge is -2.27. The van der Waals surface area contributed by atoms with Crippen LogP contribution in [0, 0.1) is 0 Å².